The smallest absolute Gasteiger partial charge is 0.223 e. The summed E-state index contributed by atoms with van der Waals surface area (Å²) in [5.74, 6) is 2.49. The molecule has 1 aliphatic carbocycles. The van der Waals surface area contributed by atoms with Gasteiger partial charge in [-0.15, -0.1) is 0 Å². The summed E-state index contributed by atoms with van der Waals surface area (Å²) in [5, 5.41) is 3.31. The molecule has 2 aromatic rings. The van der Waals surface area contributed by atoms with Crippen LogP contribution in [0.25, 0.3) is 11.2 Å². The fourth-order valence-electron chi connectivity index (χ4n) is 5.28. The molecule has 2 fully saturated rings. The van der Waals surface area contributed by atoms with Crippen molar-refractivity contribution in [3.05, 3.63) is 12.2 Å². The summed E-state index contributed by atoms with van der Waals surface area (Å²) < 4.78 is 2.29. The highest BCUT2D eigenvalue weighted by Gasteiger charge is 2.29. The number of nitrogens with zero attached hydrogens (tertiary/aromatic N) is 5. The number of amides is 1. The van der Waals surface area contributed by atoms with Crippen LogP contribution in [0.4, 0.5) is 5.82 Å². The average molecular weight is 397 g/mol. The first-order valence-corrected chi connectivity index (χ1v) is 11.5. The van der Waals surface area contributed by atoms with Crippen LogP contribution in [0.3, 0.4) is 0 Å². The highest BCUT2D eigenvalue weighted by molar-refractivity contribution is 5.84. The molecule has 5 rings (SSSR count). The van der Waals surface area contributed by atoms with Gasteiger partial charge in [0.15, 0.2) is 17.0 Å². The zero-order valence-electron chi connectivity index (χ0n) is 17.3. The van der Waals surface area contributed by atoms with Crippen molar-refractivity contribution >= 4 is 22.9 Å². The number of aryl methyl sites for hydroxylation is 2. The van der Waals surface area contributed by atoms with Crippen LogP contribution >= 0.6 is 0 Å². The average Bonchev–Trinajstić information content (AvgIpc) is 2.95. The normalized spacial score (nSPS) is 21.7. The van der Waals surface area contributed by atoms with Gasteiger partial charge in [-0.3, -0.25) is 4.79 Å². The Bertz CT molecular complexity index is 864. The van der Waals surface area contributed by atoms with Crippen molar-refractivity contribution in [2.45, 2.75) is 83.2 Å². The van der Waals surface area contributed by atoms with Crippen molar-refractivity contribution in [2.24, 2.45) is 5.92 Å². The third-order valence-corrected chi connectivity index (χ3v) is 6.99. The van der Waals surface area contributed by atoms with Crippen molar-refractivity contribution < 1.29 is 4.79 Å². The summed E-state index contributed by atoms with van der Waals surface area (Å²) in [6.07, 6.45) is 14.3. The van der Waals surface area contributed by atoms with Crippen LogP contribution in [0.1, 0.15) is 70.0 Å². The number of rotatable bonds is 3. The fourth-order valence-corrected chi connectivity index (χ4v) is 5.28. The van der Waals surface area contributed by atoms with Crippen molar-refractivity contribution in [3.8, 4) is 0 Å². The second-order valence-electron chi connectivity index (χ2n) is 8.96. The predicted octanol–water partition coefficient (Wildman–Crippen LogP) is 3.22. The van der Waals surface area contributed by atoms with E-state index in [1.807, 2.05) is 0 Å². The molecular formula is C22H32N6O. The number of nitrogens with one attached hydrogen (secondary N) is 1. The van der Waals surface area contributed by atoms with Crippen LogP contribution in [-0.2, 0) is 17.8 Å². The molecule has 29 heavy (non-hydrogen) atoms. The molecular weight excluding hydrogens is 364 g/mol. The molecule has 7 nitrogen and oxygen atoms in total. The van der Waals surface area contributed by atoms with E-state index in [4.69, 9.17) is 4.98 Å². The van der Waals surface area contributed by atoms with E-state index in [9.17, 15) is 4.79 Å². The Morgan fingerprint density at radius 1 is 0.931 bits per heavy atom. The number of piperidine rings is 1. The number of carbonyl (C=O) groups is 1. The van der Waals surface area contributed by atoms with Crippen molar-refractivity contribution in [1.29, 1.82) is 0 Å². The molecule has 0 spiro atoms. The molecule has 1 saturated carbocycles. The summed E-state index contributed by atoms with van der Waals surface area (Å²) >= 11 is 0. The van der Waals surface area contributed by atoms with Gasteiger partial charge in [-0.1, -0.05) is 25.7 Å². The van der Waals surface area contributed by atoms with E-state index in [-0.39, 0.29) is 11.8 Å². The van der Waals surface area contributed by atoms with Crippen molar-refractivity contribution in [1.82, 2.24) is 24.8 Å². The molecule has 3 aliphatic rings. The van der Waals surface area contributed by atoms with Crippen LogP contribution in [0.2, 0.25) is 0 Å². The fraction of sp³-hybridized carbons (Fsp3) is 0.727. The van der Waals surface area contributed by atoms with E-state index in [0.717, 1.165) is 74.5 Å². The van der Waals surface area contributed by atoms with E-state index >= 15 is 0 Å². The Morgan fingerprint density at radius 2 is 1.72 bits per heavy atom. The first kappa shape index (κ1) is 18.8. The minimum Gasteiger partial charge on any atom is -0.355 e. The lowest BCUT2D eigenvalue weighted by atomic mass is 9.92. The van der Waals surface area contributed by atoms with Crippen molar-refractivity contribution in [2.75, 3.05) is 18.0 Å². The monoisotopic (exact) mass is 396 g/mol. The highest BCUT2D eigenvalue weighted by atomic mass is 16.1. The largest absolute Gasteiger partial charge is 0.355 e. The Kier molecular flexibility index (Phi) is 5.38. The second kappa shape index (κ2) is 8.28. The van der Waals surface area contributed by atoms with Gasteiger partial charge in [-0.25, -0.2) is 15.0 Å². The third kappa shape index (κ3) is 3.83. The van der Waals surface area contributed by atoms with Gasteiger partial charge in [-0.05, 0) is 38.5 Å². The zero-order valence-corrected chi connectivity index (χ0v) is 17.3. The lowest BCUT2D eigenvalue weighted by Gasteiger charge is -2.33. The Labute approximate surface area is 172 Å². The van der Waals surface area contributed by atoms with E-state index < -0.39 is 0 Å². The molecule has 2 aromatic heterocycles. The SMILES string of the molecule is O=C(NC1CCCCC1)C1CCN(c2ncnc3c2nc2n3CCCCC2)CC1. The number of carbonyl (C=O) groups excluding carboxylic acids is 1. The van der Waals surface area contributed by atoms with Gasteiger partial charge < -0.3 is 14.8 Å². The number of fused-ring (bicyclic) bond motifs is 3. The minimum atomic E-state index is 0.129. The number of imidazole rings is 1. The lowest BCUT2D eigenvalue weighted by Crippen LogP contribution is -2.44. The van der Waals surface area contributed by atoms with Gasteiger partial charge >= 0.3 is 0 Å². The minimum absolute atomic E-state index is 0.129. The van der Waals surface area contributed by atoms with Gasteiger partial charge in [0.25, 0.3) is 0 Å². The molecule has 0 aromatic carbocycles. The first-order valence-electron chi connectivity index (χ1n) is 11.5. The molecule has 4 heterocycles. The van der Waals surface area contributed by atoms with Gasteiger partial charge in [0, 0.05) is 38.0 Å². The number of hydrogen-bond donors (Lipinski definition) is 1. The van der Waals surface area contributed by atoms with Crippen molar-refractivity contribution in [3.63, 3.8) is 0 Å². The third-order valence-electron chi connectivity index (χ3n) is 6.99. The van der Waals surface area contributed by atoms with E-state index in [2.05, 4.69) is 24.8 Å². The second-order valence-corrected chi connectivity index (χ2v) is 8.96. The van der Waals surface area contributed by atoms with E-state index in [1.54, 1.807) is 6.33 Å². The number of hydrogen-bond acceptors (Lipinski definition) is 5. The van der Waals surface area contributed by atoms with Gasteiger partial charge in [0.2, 0.25) is 5.91 Å². The molecule has 0 bridgehead atoms. The summed E-state index contributed by atoms with van der Waals surface area (Å²) in [7, 11) is 0. The van der Waals surface area contributed by atoms with Crippen LogP contribution in [0.15, 0.2) is 6.33 Å². The van der Waals surface area contributed by atoms with Crippen LogP contribution in [0, 0.1) is 5.92 Å². The molecule has 0 unspecified atom stereocenters. The molecule has 7 heteroatoms. The lowest BCUT2D eigenvalue weighted by molar-refractivity contribution is -0.126. The quantitative estimate of drug-likeness (QED) is 0.862. The van der Waals surface area contributed by atoms with E-state index in [0.29, 0.717) is 6.04 Å². The Morgan fingerprint density at radius 3 is 2.55 bits per heavy atom. The van der Waals surface area contributed by atoms with Gasteiger partial charge in [0.1, 0.15) is 12.2 Å². The maximum Gasteiger partial charge on any atom is 0.223 e. The molecule has 1 saturated heterocycles. The number of anilines is 1. The predicted molar refractivity (Wildman–Crippen MR) is 113 cm³/mol. The summed E-state index contributed by atoms with van der Waals surface area (Å²) in [6.45, 7) is 2.72. The summed E-state index contributed by atoms with van der Waals surface area (Å²) in [6, 6.07) is 0.400. The highest BCUT2D eigenvalue weighted by Crippen LogP contribution is 2.29. The van der Waals surface area contributed by atoms with E-state index in [1.165, 1.54) is 38.5 Å². The maximum absolute atomic E-state index is 12.7. The summed E-state index contributed by atoms with van der Waals surface area (Å²) in [4.78, 5) is 29.1. The molecule has 1 N–H and O–H groups in total. The van der Waals surface area contributed by atoms with Gasteiger partial charge in [-0.2, -0.15) is 0 Å². The zero-order chi connectivity index (χ0) is 19.6. The van der Waals surface area contributed by atoms with Crippen LogP contribution in [-0.4, -0.2) is 44.6 Å². The molecule has 0 atom stereocenters. The first-order chi connectivity index (χ1) is 14.3. The molecule has 0 radical (unpaired) electrons. The Balaban J connectivity index is 1.27. The maximum atomic E-state index is 12.7. The number of aromatic nitrogens is 4. The van der Waals surface area contributed by atoms with Gasteiger partial charge in [0.05, 0.1) is 0 Å². The molecule has 2 aliphatic heterocycles. The Hall–Kier alpha value is -2.18. The standard InChI is InChI=1S/C22H32N6O/c29-22(25-17-7-3-1-4-8-17)16-10-13-27(14-11-16)20-19-21(24-15-23-20)28-12-6-2-5-9-18(28)26-19/h15-17H,1-14H2,(H,25,29). The van der Waals surface area contributed by atoms with Crippen LogP contribution in [0.5, 0.6) is 0 Å². The van der Waals surface area contributed by atoms with Crippen LogP contribution < -0.4 is 10.2 Å². The molecule has 156 valence electrons. The summed E-state index contributed by atoms with van der Waals surface area (Å²) in [5.41, 5.74) is 1.92. The topological polar surface area (TPSA) is 75.9 Å². The molecule has 1 amide bonds.